The van der Waals surface area contributed by atoms with Gasteiger partial charge in [0.05, 0.1) is 18.5 Å². The topological polar surface area (TPSA) is 45.5 Å². The first-order valence-electron chi connectivity index (χ1n) is 9.27. The minimum atomic E-state index is 0.0171. The number of ether oxygens (including phenoxy) is 3. The molecule has 1 aliphatic rings. The Morgan fingerprint density at radius 1 is 1.15 bits per heavy atom. The lowest BCUT2D eigenvalue weighted by Gasteiger charge is -2.29. The smallest absolute Gasteiger partial charge is 0.125 e. The molecule has 5 heteroatoms. The average Bonchev–Trinajstić information content (AvgIpc) is 3.28. The molecule has 0 spiro atoms. The highest BCUT2D eigenvalue weighted by atomic mass is 16.5. The Morgan fingerprint density at radius 3 is 2.78 bits per heavy atom. The first-order chi connectivity index (χ1) is 13.3. The van der Waals surface area contributed by atoms with Crippen molar-refractivity contribution in [1.82, 2.24) is 9.55 Å². The van der Waals surface area contributed by atoms with Crippen LogP contribution in [0.2, 0.25) is 0 Å². The quantitative estimate of drug-likeness (QED) is 0.654. The molecule has 2 aromatic carbocycles. The fourth-order valence-electron chi connectivity index (χ4n) is 3.41. The molecule has 1 fully saturated rings. The van der Waals surface area contributed by atoms with E-state index in [4.69, 9.17) is 14.2 Å². The number of hydrogen-bond acceptors (Lipinski definition) is 4. The number of nitrogens with zero attached hydrogens (tertiary/aromatic N) is 2. The molecule has 2 heterocycles. The molecule has 2 atom stereocenters. The Bertz CT molecular complexity index is 846. The number of aromatic nitrogens is 2. The van der Waals surface area contributed by atoms with Crippen LogP contribution in [0, 0.1) is 0 Å². The molecule has 0 radical (unpaired) electrons. The molecular formula is C22H24N2O3. The molecule has 2 unspecified atom stereocenters. The molecule has 1 aromatic heterocycles. The van der Waals surface area contributed by atoms with Crippen molar-refractivity contribution in [3.8, 4) is 11.4 Å². The number of rotatable bonds is 6. The standard InChI is InChI=1S/C22H24N2O3/c1-25-19-10-13-26-22(14-19)20-4-2-3-5-21(20)27-15-17-6-8-18(9-7-17)24-12-11-23-16-24/h2-9,11-12,16,19,22H,10,13-15H2,1H3. The highest BCUT2D eigenvalue weighted by molar-refractivity contribution is 5.37. The SMILES string of the molecule is COC1CCOC(c2ccccc2OCc2ccc(-n3ccnc3)cc2)C1. The van der Waals surface area contributed by atoms with E-state index in [1.807, 2.05) is 29.0 Å². The zero-order chi connectivity index (χ0) is 18.5. The van der Waals surface area contributed by atoms with Gasteiger partial charge in [0.25, 0.3) is 0 Å². The second-order valence-corrected chi connectivity index (χ2v) is 6.70. The van der Waals surface area contributed by atoms with Crippen molar-refractivity contribution in [2.45, 2.75) is 31.7 Å². The zero-order valence-corrected chi connectivity index (χ0v) is 15.5. The van der Waals surface area contributed by atoms with Gasteiger partial charge in [-0.15, -0.1) is 0 Å². The van der Waals surface area contributed by atoms with Crippen molar-refractivity contribution in [3.05, 3.63) is 78.4 Å². The minimum absolute atomic E-state index is 0.0171. The third kappa shape index (κ3) is 4.21. The first-order valence-corrected chi connectivity index (χ1v) is 9.27. The highest BCUT2D eigenvalue weighted by Crippen LogP contribution is 2.35. The Morgan fingerprint density at radius 2 is 2.00 bits per heavy atom. The predicted octanol–water partition coefficient (Wildman–Crippen LogP) is 4.32. The lowest BCUT2D eigenvalue weighted by Crippen LogP contribution is -2.25. The van der Waals surface area contributed by atoms with Gasteiger partial charge < -0.3 is 18.8 Å². The Kier molecular flexibility index (Phi) is 5.51. The number of benzene rings is 2. The van der Waals surface area contributed by atoms with Gasteiger partial charge in [0.15, 0.2) is 0 Å². The minimum Gasteiger partial charge on any atom is -0.489 e. The monoisotopic (exact) mass is 364 g/mol. The van der Waals surface area contributed by atoms with Gasteiger partial charge >= 0.3 is 0 Å². The van der Waals surface area contributed by atoms with E-state index in [9.17, 15) is 0 Å². The van der Waals surface area contributed by atoms with Crippen molar-refractivity contribution in [2.24, 2.45) is 0 Å². The van der Waals surface area contributed by atoms with E-state index >= 15 is 0 Å². The van der Waals surface area contributed by atoms with Crippen LogP contribution in [0.5, 0.6) is 5.75 Å². The summed E-state index contributed by atoms with van der Waals surface area (Å²) in [4.78, 5) is 4.08. The summed E-state index contributed by atoms with van der Waals surface area (Å²) < 4.78 is 19.6. The van der Waals surface area contributed by atoms with Crippen LogP contribution in [0.4, 0.5) is 0 Å². The van der Waals surface area contributed by atoms with Gasteiger partial charge in [-0.2, -0.15) is 0 Å². The summed E-state index contributed by atoms with van der Waals surface area (Å²) in [6.07, 6.45) is 7.56. The van der Waals surface area contributed by atoms with Crippen LogP contribution in [0.25, 0.3) is 5.69 Å². The van der Waals surface area contributed by atoms with E-state index in [-0.39, 0.29) is 12.2 Å². The fraction of sp³-hybridized carbons (Fsp3) is 0.318. The zero-order valence-electron chi connectivity index (χ0n) is 15.5. The van der Waals surface area contributed by atoms with Crippen LogP contribution in [0.1, 0.15) is 30.1 Å². The van der Waals surface area contributed by atoms with Gasteiger partial charge in [-0.3, -0.25) is 0 Å². The Hall–Kier alpha value is -2.63. The average molecular weight is 364 g/mol. The van der Waals surface area contributed by atoms with Gasteiger partial charge in [0, 0.05) is 43.8 Å². The number of para-hydroxylation sites is 1. The predicted molar refractivity (Wildman–Crippen MR) is 103 cm³/mol. The number of methoxy groups -OCH3 is 1. The van der Waals surface area contributed by atoms with Gasteiger partial charge in [-0.05, 0) is 30.2 Å². The third-order valence-corrected chi connectivity index (χ3v) is 4.97. The van der Waals surface area contributed by atoms with E-state index in [2.05, 4.69) is 35.3 Å². The van der Waals surface area contributed by atoms with E-state index in [1.54, 1.807) is 19.6 Å². The van der Waals surface area contributed by atoms with E-state index in [0.29, 0.717) is 13.2 Å². The van der Waals surface area contributed by atoms with Gasteiger partial charge in [-0.25, -0.2) is 4.98 Å². The summed E-state index contributed by atoms with van der Waals surface area (Å²) in [5.74, 6) is 0.873. The lowest BCUT2D eigenvalue weighted by molar-refractivity contribution is -0.0607. The van der Waals surface area contributed by atoms with Crippen LogP contribution in [-0.4, -0.2) is 29.4 Å². The highest BCUT2D eigenvalue weighted by Gasteiger charge is 2.25. The van der Waals surface area contributed by atoms with Crippen molar-refractivity contribution in [2.75, 3.05) is 13.7 Å². The van der Waals surface area contributed by atoms with E-state index in [0.717, 1.165) is 35.4 Å². The van der Waals surface area contributed by atoms with E-state index < -0.39 is 0 Å². The van der Waals surface area contributed by atoms with Gasteiger partial charge in [-0.1, -0.05) is 30.3 Å². The molecular weight excluding hydrogens is 340 g/mol. The fourth-order valence-corrected chi connectivity index (χ4v) is 3.41. The number of imidazole rings is 1. The molecule has 5 nitrogen and oxygen atoms in total. The lowest BCUT2D eigenvalue weighted by atomic mass is 9.98. The van der Waals surface area contributed by atoms with Gasteiger partial charge in [0.1, 0.15) is 12.4 Å². The second kappa shape index (κ2) is 8.37. The van der Waals surface area contributed by atoms with Crippen LogP contribution < -0.4 is 4.74 Å². The molecule has 0 aliphatic carbocycles. The third-order valence-electron chi connectivity index (χ3n) is 4.97. The molecule has 140 valence electrons. The van der Waals surface area contributed by atoms with Crippen molar-refractivity contribution in [3.63, 3.8) is 0 Å². The van der Waals surface area contributed by atoms with Crippen molar-refractivity contribution >= 4 is 0 Å². The van der Waals surface area contributed by atoms with Gasteiger partial charge in [0.2, 0.25) is 0 Å². The molecule has 4 rings (SSSR count). The molecule has 1 saturated heterocycles. The molecule has 1 aliphatic heterocycles. The molecule has 0 amide bonds. The summed E-state index contributed by atoms with van der Waals surface area (Å²) >= 11 is 0. The maximum Gasteiger partial charge on any atom is 0.125 e. The van der Waals surface area contributed by atoms with Crippen molar-refractivity contribution < 1.29 is 14.2 Å². The summed E-state index contributed by atoms with van der Waals surface area (Å²) in [5.41, 5.74) is 3.29. The summed E-state index contributed by atoms with van der Waals surface area (Å²) in [5, 5.41) is 0. The van der Waals surface area contributed by atoms with Crippen molar-refractivity contribution in [1.29, 1.82) is 0 Å². The first kappa shape index (κ1) is 17.8. The summed E-state index contributed by atoms with van der Waals surface area (Å²) in [7, 11) is 1.77. The summed E-state index contributed by atoms with van der Waals surface area (Å²) in [6.45, 7) is 1.23. The summed E-state index contributed by atoms with van der Waals surface area (Å²) in [6, 6.07) is 16.4. The maximum absolute atomic E-state index is 6.14. The number of hydrogen-bond donors (Lipinski definition) is 0. The second-order valence-electron chi connectivity index (χ2n) is 6.70. The molecule has 3 aromatic rings. The van der Waals surface area contributed by atoms with Crippen LogP contribution in [0.3, 0.4) is 0 Å². The maximum atomic E-state index is 6.14. The largest absolute Gasteiger partial charge is 0.489 e. The van der Waals surface area contributed by atoms with Crippen LogP contribution >= 0.6 is 0 Å². The normalized spacial score (nSPS) is 19.7. The van der Waals surface area contributed by atoms with Crippen LogP contribution in [-0.2, 0) is 16.1 Å². The molecule has 0 N–H and O–H groups in total. The molecule has 0 bridgehead atoms. The molecule has 0 saturated carbocycles. The van der Waals surface area contributed by atoms with Crippen LogP contribution in [0.15, 0.2) is 67.3 Å². The Labute approximate surface area is 159 Å². The molecule has 27 heavy (non-hydrogen) atoms. The Balaban J connectivity index is 1.44. The van der Waals surface area contributed by atoms with E-state index in [1.165, 1.54) is 0 Å².